The second kappa shape index (κ2) is 7.09. The highest BCUT2D eigenvalue weighted by atomic mass is 79.9. The normalized spacial score (nSPS) is 17.2. The van der Waals surface area contributed by atoms with Crippen molar-refractivity contribution in [3.63, 3.8) is 0 Å². The lowest BCUT2D eigenvalue weighted by Crippen LogP contribution is -2.35. The number of aromatic nitrogens is 1. The van der Waals surface area contributed by atoms with Gasteiger partial charge in [0.1, 0.15) is 0 Å². The molecule has 0 saturated carbocycles. The van der Waals surface area contributed by atoms with Gasteiger partial charge >= 0.3 is 0 Å². The van der Waals surface area contributed by atoms with Crippen molar-refractivity contribution in [2.45, 2.75) is 25.8 Å². The Morgan fingerprint density at radius 2 is 2.06 bits per heavy atom. The van der Waals surface area contributed by atoms with Gasteiger partial charge in [0.2, 0.25) is 0 Å². The average Bonchev–Trinajstić information content (AvgIpc) is 2.38. The van der Waals surface area contributed by atoms with Crippen molar-refractivity contribution < 1.29 is 0 Å². The Labute approximate surface area is 112 Å². The Balaban J connectivity index is 1.60. The van der Waals surface area contributed by atoms with E-state index in [1.807, 2.05) is 12.3 Å². The zero-order chi connectivity index (χ0) is 11.9. The molecule has 94 valence electrons. The summed E-state index contributed by atoms with van der Waals surface area (Å²) in [4.78, 5) is 6.89. The van der Waals surface area contributed by atoms with Gasteiger partial charge in [-0.15, -0.1) is 0 Å². The van der Waals surface area contributed by atoms with Crippen LogP contribution >= 0.6 is 15.9 Å². The molecule has 1 saturated heterocycles. The van der Waals surface area contributed by atoms with E-state index in [9.17, 15) is 0 Å². The molecule has 1 aliphatic rings. The number of nitrogens with zero attached hydrogens (tertiary/aromatic N) is 2. The Morgan fingerprint density at radius 1 is 1.24 bits per heavy atom. The van der Waals surface area contributed by atoms with Gasteiger partial charge in [0.15, 0.2) is 0 Å². The lowest BCUT2D eigenvalue weighted by Gasteiger charge is -2.26. The van der Waals surface area contributed by atoms with Gasteiger partial charge in [0, 0.05) is 30.3 Å². The third-order valence-corrected chi connectivity index (χ3v) is 3.62. The van der Waals surface area contributed by atoms with Crippen LogP contribution in [0.1, 0.15) is 25.0 Å². The molecule has 0 aromatic carbocycles. The van der Waals surface area contributed by atoms with Crippen LogP contribution in [-0.4, -0.2) is 36.1 Å². The topological polar surface area (TPSA) is 28.2 Å². The summed E-state index contributed by atoms with van der Waals surface area (Å²) in [6.45, 7) is 5.63. The number of likely N-dealkylation sites (tertiary alicyclic amines) is 1. The molecule has 0 unspecified atom stereocenters. The second-order valence-corrected chi connectivity index (χ2v) is 5.46. The van der Waals surface area contributed by atoms with Gasteiger partial charge in [-0.1, -0.05) is 6.42 Å². The molecule has 1 aliphatic heterocycles. The molecule has 3 nitrogen and oxygen atoms in total. The lowest BCUT2D eigenvalue weighted by atomic mass is 10.1. The highest BCUT2D eigenvalue weighted by Gasteiger charge is 2.08. The summed E-state index contributed by atoms with van der Waals surface area (Å²) in [5.74, 6) is 0. The molecule has 17 heavy (non-hydrogen) atoms. The van der Waals surface area contributed by atoms with E-state index in [-0.39, 0.29) is 0 Å². The third-order valence-electron chi connectivity index (χ3n) is 3.15. The van der Waals surface area contributed by atoms with Crippen molar-refractivity contribution in [2.75, 3.05) is 26.2 Å². The standard InChI is InChI=1S/C13H20BrN3/c14-12-4-5-13(16-10-12)11-15-6-9-17-7-2-1-3-8-17/h4-5,10,15H,1-3,6-9,11H2. The Hall–Kier alpha value is -0.450. The molecule has 4 heteroatoms. The molecule has 0 amide bonds. The highest BCUT2D eigenvalue weighted by molar-refractivity contribution is 9.10. The van der Waals surface area contributed by atoms with Crippen LogP contribution in [0, 0.1) is 0 Å². The fourth-order valence-corrected chi connectivity index (χ4v) is 2.38. The van der Waals surface area contributed by atoms with Crippen LogP contribution < -0.4 is 5.32 Å². The fraction of sp³-hybridized carbons (Fsp3) is 0.615. The predicted molar refractivity (Wildman–Crippen MR) is 73.9 cm³/mol. The van der Waals surface area contributed by atoms with Crippen LogP contribution in [0.4, 0.5) is 0 Å². The van der Waals surface area contributed by atoms with Crippen molar-refractivity contribution in [1.82, 2.24) is 15.2 Å². The Bertz CT molecular complexity index is 320. The maximum atomic E-state index is 4.34. The van der Waals surface area contributed by atoms with E-state index >= 15 is 0 Å². The number of piperidine rings is 1. The van der Waals surface area contributed by atoms with Crippen molar-refractivity contribution in [2.24, 2.45) is 0 Å². The molecule has 0 bridgehead atoms. The first-order valence-corrected chi connectivity index (χ1v) is 7.17. The zero-order valence-electron chi connectivity index (χ0n) is 10.2. The average molecular weight is 298 g/mol. The maximum absolute atomic E-state index is 4.34. The highest BCUT2D eigenvalue weighted by Crippen LogP contribution is 2.08. The minimum absolute atomic E-state index is 0.862. The first kappa shape index (κ1) is 13.0. The van der Waals surface area contributed by atoms with Crippen molar-refractivity contribution >= 4 is 15.9 Å². The fourth-order valence-electron chi connectivity index (χ4n) is 2.15. The smallest absolute Gasteiger partial charge is 0.0542 e. The van der Waals surface area contributed by atoms with Gasteiger partial charge in [0.25, 0.3) is 0 Å². The van der Waals surface area contributed by atoms with E-state index in [4.69, 9.17) is 0 Å². The number of rotatable bonds is 5. The number of pyridine rings is 1. The van der Waals surface area contributed by atoms with Crippen LogP contribution in [0.25, 0.3) is 0 Å². The van der Waals surface area contributed by atoms with Gasteiger partial charge in [0.05, 0.1) is 5.69 Å². The Morgan fingerprint density at radius 3 is 2.76 bits per heavy atom. The van der Waals surface area contributed by atoms with Crippen molar-refractivity contribution in [1.29, 1.82) is 0 Å². The van der Waals surface area contributed by atoms with Gasteiger partial charge < -0.3 is 10.2 Å². The van der Waals surface area contributed by atoms with Crippen LogP contribution in [0.5, 0.6) is 0 Å². The summed E-state index contributed by atoms with van der Waals surface area (Å²) in [6, 6.07) is 4.09. The summed E-state index contributed by atoms with van der Waals surface area (Å²) in [5.41, 5.74) is 1.10. The minimum atomic E-state index is 0.862. The number of hydrogen-bond acceptors (Lipinski definition) is 3. The zero-order valence-corrected chi connectivity index (χ0v) is 11.7. The molecule has 0 aliphatic carbocycles. The summed E-state index contributed by atoms with van der Waals surface area (Å²) in [6.07, 6.45) is 6.00. The van der Waals surface area contributed by atoms with Gasteiger partial charge in [-0.05, 0) is 54.0 Å². The van der Waals surface area contributed by atoms with E-state index in [2.05, 4.69) is 37.2 Å². The van der Waals surface area contributed by atoms with Gasteiger partial charge in [-0.3, -0.25) is 4.98 Å². The van der Waals surface area contributed by atoms with Gasteiger partial charge in [-0.25, -0.2) is 0 Å². The summed E-state index contributed by atoms with van der Waals surface area (Å²) >= 11 is 3.39. The van der Waals surface area contributed by atoms with Crippen LogP contribution in [-0.2, 0) is 6.54 Å². The van der Waals surface area contributed by atoms with Gasteiger partial charge in [-0.2, -0.15) is 0 Å². The molecular weight excluding hydrogens is 278 g/mol. The molecule has 2 rings (SSSR count). The maximum Gasteiger partial charge on any atom is 0.0542 e. The number of hydrogen-bond donors (Lipinski definition) is 1. The molecule has 1 N–H and O–H groups in total. The van der Waals surface area contributed by atoms with Crippen LogP contribution in [0.15, 0.2) is 22.8 Å². The molecule has 0 atom stereocenters. The number of halogens is 1. The van der Waals surface area contributed by atoms with E-state index in [1.165, 1.54) is 32.4 Å². The molecule has 1 aromatic heterocycles. The summed E-state index contributed by atoms with van der Waals surface area (Å²) < 4.78 is 1.04. The molecule has 0 radical (unpaired) electrons. The molecule has 1 fully saturated rings. The van der Waals surface area contributed by atoms with Crippen molar-refractivity contribution in [3.8, 4) is 0 Å². The first-order valence-electron chi connectivity index (χ1n) is 6.38. The molecule has 2 heterocycles. The third kappa shape index (κ3) is 4.74. The van der Waals surface area contributed by atoms with E-state index < -0.39 is 0 Å². The quantitative estimate of drug-likeness (QED) is 0.846. The van der Waals surface area contributed by atoms with Crippen molar-refractivity contribution in [3.05, 3.63) is 28.5 Å². The molecule has 0 spiro atoms. The SMILES string of the molecule is Brc1ccc(CNCCN2CCCCC2)nc1. The first-order chi connectivity index (χ1) is 8.34. The monoisotopic (exact) mass is 297 g/mol. The number of nitrogens with one attached hydrogen (secondary N) is 1. The van der Waals surface area contributed by atoms with E-state index in [1.54, 1.807) is 0 Å². The second-order valence-electron chi connectivity index (χ2n) is 4.55. The minimum Gasteiger partial charge on any atom is -0.310 e. The van der Waals surface area contributed by atoms with Crippen LogP contribution in [0.2, 0.25) is 0 Å². The largest absolute Gasteiger partial charge is 0.310 e. The molecular formula is C13H20BrN3. The summed E-state index contributed by atoms with van der Waals surface area (Å²) in [7, 11) is 0. The lowest BCUT2D eigenvalue weighted by molar-refractivity contribution is 0.229. The van der Waals surface area contributed by atoms with Crippen LogP contribution in [0.3, 0.4) is 0 Å². The van der Waals surface area contributed by atoms with E-state index in [0.717, 1.165) is 29.8 Å². The Kier molecular flexibility index (Phi) is 5.42. The molecule has 1 aromatic rings. The van der Waals surface area contributed by atoms with E-state index in [0.29, 0.717) is 0 Å². The summed E-state index contributed by atoms with van der Waals surface area (Å²) in [5, 5.41) is 3.45. The predicted octanol–water partition coefficient (Wildman–Crippen LogP) is 2.42.